The summed E-state index contributed by atoms with van der Waals surface area (Å²) in [6, 6.07) is 79.5. The molecule has 3 atom stereocenters. The van der Waals surface area contributed by atoms with Gasteiger partial charge in [-0.1, -0.05) is 176 Å². The van der Waals surface area contributed by atoms with Gasteiger partial charge in [-0.15, -0.1) is 11.3 Å². The number of nitrogens with zero attached hydrogens (tertiary/aromatic N) is 1. The van der Waals surface area contributed by atoms with Crippen molar-refractivity contribution < 1.29 is 0 Å². The summed E-state index contributed by atoms with van der Waals surface area (Å²) >= 11 is 1.88. The first-order valence-electron chi connectivity index (χ1n) is 22.6. The van der Waals surface area contributed by atoms with Gasteiger partial charge in [-0.25, -0.2) is 0 Å². The number of anilines is 3. The largest absolute Gasteiger partial charge is 0.310 e. The van der Waals surface area contributed by atoms with Crippen LogP contribution in [0.1, 0.15) is 36.8 Å². The van der Waals surface area contributed by atoms with Crippen molar-refractivity contribution in [3.05, 3.63) is 223 Å². The maximum Gasteiger partial charge on any atom is 0.0540 e. The van der Waals surface area contributed by atoms with Crippen molar-refractivity contribution >= 4 is 48.6 Å². The molecule has 2 saturated carbocycles. The van der Waals surface area contributed by atoms with E-state index < -0.39 is 0 Å². The Kier molecular flexibility index (Phi) is 8.46. The zero-order chi connectivity index (χ0) is 41.5. The van der Waals surface area contributed by atoms with Gasteiger partial charge >= 0.3 is 0 Å². The number of fused-ring (bicyclic) bond motifs is 11. The van der Waals surface area contributed by atoms with E-state index in [0.29, 0.717) is 0 Å². The summed E-state index contributed by atoms with van der Waals surface area (Å²) in [5, 5.41) is 2.66. The minimum atomic E-state index is 0.137. The molecular weight excluding hydrogens is 779 g/mol. The summed E-state index contributed by atoms with van der Waals surface area (Å²) in [5.74, 6) is 1.56. The van der Waals surface area contributed by atoms with Gasteiger partial charge in [-0.3, -0.25) is 0 Å². The van der Waals surface area contributed by atoms with Gasteiger partial charge in [-0.2, -0.15) is 0 Å². The van der Waals surface area contributed by atoms with Crippen LogP contribution in [0.5, 0.6) is 0 Å². The fraction of sp³-hybridized carbons (Fsp3) is 0.115. The van der Waals surface area contributed by atoms with Crippen LogP contribution in [0.4, 0.5) is 17.1 Å². The van der Waals surface area contributed by atoms with E-state index in [9.17, 15) is 0 Å². The Balaban J connectivity index is 0.983. The molecule has 300 valence electrons. The standard InChI is InChI=1S/C61H45NS/c1-2-14-42(15-3-1)47-16-4-5-17-48(47)49-18-6-7-19-50(49)52-21-9-12-24-58(52)62(45-31-27-41(28-32-45)43-29-34-54-53-22-10-13-25-59(53)63-60(54)37-43)46-33-35-57-55(38-46)51-20-8-11-23-56(51)61(57)39-40-26-30-44(61)36-40/h1-25,27-29,31-35,37-38,40,44H,26,30,36,39H2. The van der Waals surface area contributed by atoms with Gasteiger partial charge < -0.3 is 4.90 Å². The van der Waals surface area contributed by atoms with E-state index in [0.717, 1.165) is 23.2 Å². The zero-order valence-corrected chi connectivity index (χ0v) is 35.9. The third-order valence-electron chi connectivity index (χ3n) is 14.8. The molecule has 13 rings (SSSR count). The highest BCUT2D eigenvalue weighted by Gasteiger charge is 2.56. The van der Waals surface area contributed by atoms with Crippen molar-refractivity contribution in [2.45, 2.75) is 31.1 Å². The molecule has 10 aromatic rings. The third-order valence-corrected chi connectivity index (χ3v) is 15.9. The molecule has 3 aliphatic carbocycles. The molecule has 0 saturated heterocycles. The molecule has 0 N–H and O–H groups in total. The van der Waals surface area contributed by atoms with Crippen molar-refractivity contribution in [1.29, 1.82) is 0 Å². The molecule has 1 spiro atoms. The molecular formula is C61H45NS. The number of thiophene rings is 1. The minimum Gasteiger partial charge on any atom is -0.310 e. The maximum atomic E-state index is 2.52. The van der Waals surface area contributed by atoms with E-state index in [4.69, 9.17) is 0 Å². The Hall–Kier alpha value is -7.00. The molecule has 2 fully saturated rings. The average Bonchev–Trinajstić information content (AvgIpc) is 4.14. The second kappa shape index (κ2) is 14.5. The third kappa shape index (κ3) is 5.74. The molecule has 2 bridgehead atoms. The lowest BCUT2D eigenvalue weighted by molar-refractivity contribution is 0.327. The van der Waals surface area contributed by atoms with E-state index in [2.05, 4.69) is 217 Å². The lowest BCUT2D eigenvalue weighted by Gasteiger charge is -2.36. The van der Waals surface area contributed by atoms with Crippen LogP contribution in [-0.4, -0.2) is 0 Å². The van der Waals surface area contributed by atoms with E-state index in [1.165, 1.54) is 107 Å². The highest BCUT2D eigenvalue weighted by molar-refractivity contribution is 7.25. The number of benzene rings is 9. The topological polar surface area (TPSA) is 3.24 Å². The SMILES string of the molecule is c1ccc(-c2ccccc2-c2ccccc2-c2ccccc2N(c2ccc(-c3ccc4c(c3)sc3ccccc34)cc2)c2ccc3c(c2)-c2ccccc2C32CC3CCC2C3)cc1. The predicted molar refractivity (Wildman–Crippen MR) is 267 cm³/mol. The zero-order valence-electron chi connectivity index (χ0n) is 35.0. The smallest absolute Gasteiger partial charge is 0.0540 e. The molecule has 1 nitrogen and oxygen atoms in total. The van der Waals surface area contributed by atoms with Crippen LogP contribution in [0.25, 0.3) is 75.8 Å². The normalized spacial score (nSPS) is 18.3. The molecule has 2 heteroatoms. The summed E-state index contributed by atoms with van der Waals surface area (Å²) in [7, 11) is 0. The second-order valence-electron chi connectivity index (χ2n) is 18.0. The van der Waals surface area contributed by atoms with Crippen LogP contribution in [-0.2, 0) is 5.41 Å². The first-order chi connectivity index (χ1) is 31.2. The van der Waals surface area contributed by atoms with Gasteiger partial charge in [0.25, 0.3) is 0 Å². The van der Waals surface area contributed by atoms with Crippen LogP contribution in [0, 0.1) is 11.8 Å². The predicted octanol–water partition coefficient (Wildman–Crippen LogP) is 17.3. The number of para-hydroxylation sites is 1. The summed E-state index contributed by atoms with van der Waals surface area (Å²) in [6.45, 7) is 0. The number of hydrogen-bond donors (Lipinski definition) is 0. The summed E-state index contributed by atoms with van der Waals surface area (Å²) in [6.07, 6.45) is 5.38. The van der Waals surface area contributed by atoms with E-state index in [1.54, 1.807) is 11.1 Å². The quantitative estimate of drug-likeness (QED) is 0.155. The van der Waals surface area contributed by atoms with E-state index >= 15 is 0 Å². The minimum absolute atomic E-state index is 0.137. The van der Waals surface area contributed by atoms with Gasteiger partial charge in [0.1, 0.15) is 0 Å². The Bertz CT molecular complexity index is 3380. The van der Waals surface area contributed by atoms with Gasteiger partial charge in [0.05, 0.1) is 5.69 Å². The van der Waals surface area contributed by atoms with Gasteiger partial charge in [-0.05, 0) is 135 Å². The fourth-order valence-corrected chi connectivity index (χ4v) is 13.2. The second-order valence-corrected chi connectivity index (χ2v) is 19.1. The van der Waals surface area contributed by atoms with Crippen LogP contribution < -0.4 is 4.90 Å². The first-order valence-corrected chi connectivity index (χ1v) is 23.4. The van der Waals surface area contributed by atoms with Crippen LogP contribution in [0.3, 0.4) is 0 Å². The van der Waals surface area contributed by atoms with Crippen molar-refractivity contribution in [2.75, 3.05) is 4.90 Å². The van der Waals surface area contributed by atoms with E-state index in [-0.39, 0.29) is 5.41 Å². The summed E-state index contributed by atoms with van der Waals surface area (Å²) in [4.78, 5) is 2.52. The summed E-state index contributed by atoms with van der Waals surface area (Å²) < 4.78 is 2.66. The highest BCUT2D eigenvalue weighted by atomic mass is 32.1. The van der Waals surface area contributed by atoms with Crippen LogP contribution >= 0.6 is 11.3 Å². The molecule has 3 unspecified atom stereocenters. The fourth-order valence-electron chi connectivity index (χ4n) is 12.1. The van der Waals surface area contributed by atoms with Gasteiger partial charge in [0.2, 0.25) is 0 Å². The molecule has 1 aromatic heterocycles. The van der Waals surface area contributed by atoms with Gasteiger partial charge in [0, 0.05) is 42.5 Å². The Labute approximate surface area is 373 Å². The van der Waals surface area contributed by atoms with Crippen LogP contribution in [0.2, 0.25) is 0 Å². The Morgan fingerprint density at radius 1 is 0.397 bits per heavy atom. The number of rotatable bonds is 7. The van der Waals surface area contributed by atoms with Crippen molar-refractivity contribution in [1.82, 2.24) is 0 Å². The van der Waals surface area contributed by atoms with Crippen molar-refractivity contribution in [2.24, 2.45) is 11.8 Å². The molecule has 63 heavy (non-hydrogen) atoms. The lowest BCUT2D eigenvalue weighted by Crippen LogP contribution is -2.31. The maximum absolute atomic E-state index is 2.52. The van der Waals surface area contributed by atoms with Crippen molar-refractivity contribution in [3.63, 3.8) is 0 Å². The monoisotopic (exact) mass is 823 g/mol. The molecule has 0 amide bonds. The molecule has 9 aromatic carbocycles. The van der Waals surface area contributed by atoms with Crippen LogP contribution in [0.15, 0.2) is 212 Å². The summed E-state index contributed by atoms with van der Waals surface area (Å²) in [5.41, 5.74) is 19.3. The Morgan fingerprint density at radius 2 is 1.00 bits per heavy atom. The van der Waals surface area contributed by atoms with E-state index in [1.807, 2.05) is 11.3 Å². The molecule has 0 aliphatic heterocycles. The Morgan fingerprint density at radius 3 is 1.78 bits per heavy atom. The van der Waals surface area contributed by atoms with Crippen molar-refractivity contribution in [3.8, 4) is 55.6 Å². The number of hydrogen-bond acceptors (Lipinski definition) is 2. The molecule has 1 heterocycles. The molecule has 0 radical (unpaired) electrons. The lowest BCUT2D eigenvalue weighted by atomic mass is 9.67. The van der Waals surface area contributed by atoms with Gasteiger partial charge in [0.15, 0.2) is 0 Å². The average molecular weight is 824 g/mol. The highest BCUT2D eigenvalue weighted by Crippen LogP contribution is 2.66. The first kappa shape index (κ1) is 36.6. The molecule has 3 aliphatic rings.